The third-order valence-electron chi connectivity index (χ3n) is 4.25. The zero-order valence-electron chi connectivity index (χ0n) is 12.7. The summed E-state index contributed by atoms with van der Waals surface area (Å²) in [5.41, 5.74) is 2.33. The SMILES string of the molecule is Cn1c(=O)oc2cc(S(=O)(=O)N3CCc4cc(Cl)ccc43)ccc21. The molecule has 0 bridgehead atoms. The van der Waals surface area contributed by atoms with Crippen molar-refractivity contribution < 1.29 is 12.8 Å². The molecule has 1 aromatic heterocycles. The van der Waals surface area contributed by atoms with Crippen LogP contribution in [0, 0.1) is 0 Å². The lowest BCUT2D eigenvalue weighted by Gasteiger charge is -2.19. The minimum Gasteiger partial charge on any atom is -0.408 e. The van der Waals surface area contributed by atoms with Crippen molar-refractivity contribution in [1.82, 2.24) is 4.57 Å². The summed E-state index contributed by atoms with van der Waals surface area (Å²) in [6.07, 6.45) is 0.609. The van der Waals surface area contributed by atoms with E-state index in [1.54, 1.807) is 31.3 Å². The lowest BCUT2D eigenvalue weighted by Crippen LogP contribution is -2.29. The van der Waals surface area contributed by atoms with Gasteiger partial charge in [-0.2, -0.15) is 0 Å². The molecule has 1 aliphatic heterocycles. The third-order valence-corrected chi connectivity index (χ3v) is 6.29. The Hall–Kier alpha value is -2.25. The average molecular weight is 365 g/mol. The molecule has 0 saturated carbocycles. The first-order valence-electron chi connectivity index (χ1n) is 7.29. The van der Waals surface area contributed by atoms with Crippen molar-refractivity contribution >= 4 is 38.4 Å². The van der Waals surface area contributed by atoms with E-state index in [1.807, 2.05) is 0 Å². The predicted octanol–water partition coefficient (Wildman–Crippen LogP) is 2.54. The van der Waals surface area contributed by atoms with Crippen LogP contribution in [0.2, 0.25) is 5.02 Å². The van der Waals surface area contributed by atoms with Crippen LogP contribution in [-0.4, -0.2) is 19.5 Å². The summed E-state index contributed by atoms with van der Waals surface area (Å²) in [7, 11) is -2.17. The Morgan fingerprint density at radius 2 is 1.96 bits per heavy atom. The monoisotopic (exact) mass is 364 g/mol. The maximum Gasteiger partial charge on any atom is 0.419 e. The van der Waals surface area contributed by atoms with Crippen LogP contribution in [0.1, 0.15) is 5.56 Å². The number of halogens is 1. The van der Waals surface area contributed by atoms with Gasteiger partial charge in [0, 0.05) is 24.7 Å². The van der Waals surface area contributed by atoms with Crippen LogP contribution in [0.5, 0.6) is 0 Å². The molecule has 2 heterocycles. The fourth-order valence-electron chi connectivity index (χ4n) is 2.99. The number of anilines is 1. The molecule has 4 rings (SSSR count). The van der Waals surface area contributed by atoms with E-state index in [1.165, 1.54) is 21.0 Å². The number of rotatable bonds is 2. The van der Waals surface area contributed by atoms with Crippen LogP contribution in [0.15, 0.2) is 50.5 Å². The first-order chi connectivity index (χ1) is 11.4. The van der Waals surface area contributed by atoms with Crippen LogP contribution in [0.3, 0.4) is 0 Å². The molecule has 1 aliphatic rings. The molecule has 0 N–H and O–H groups in total. The molecule has 0 radical (unpaired) electrons. The average Bonchev–Trinajstić information content (AvgIpc) is 3.08. The first-order valence-corrected chi connectivity index (χ1v) is 9.10. The van der Waals surface area contributed by atoms with Crippen LogP contribution >= 0.6 is 11.6 Å². The van der Waals surface area contributed by atoms with Gasteiger partial charge in [-0.15, -0.1) is 0 Å². The first kappa shape index (κ1) is 15.3. The van der Waals surface area contributed by atoms with Crippen LogP contribution in [-0.2, 0) is 23.5 Å². The molecule has 6 nitrogen and oxygen atoms in total. The van der Waals surface area contributed by atoms with Crippen molar-refractivity contribution in [3.8, 4) is 0 Å². The van der Waals surface area contributed by atoms with Gasteiger partial charge in [0.25, 0.3) is 10.0 Å². The van der Waals surface area contributed by atoms with Gasteiger partial charge in [0.1, 0.15) is 0 Å². The molecule has 0 spiro atoms. The molecular formula is C16H13ClN2O4S. The second kappa shape index (κ2) is 5.12. The van der Waals surface area contributed by atoms with E-state index >= 15 is 0 Å². The van der Waals surface area contributed by atoms with Crippen molar-refractivity contribution in [2.45, 2.75) is 11.3 Å². The molecule has 0 saturated heterocycles. The van der Waals surface area contributed by atoms with Gasteiger partial charge in [-0.25, -0.2) is 13.2 Å². The van der Waals surface area contributed by atoms with Gasteiger partial charge in [0.15, 0.2) is 5.58 Å². The highest BCUT2D eigenvalue weighted by molar-refractivity contribution is 7.92. The lowest BCUT2D eigenvalue weighted by atomic mass is 10.2. The molecule has 2 aromatic carbocycles. The minimum absolute atomic E-state index is 0.0900. The second-order valence-electron chi connectivity index (χ2n) is 5.66. The molecule has 8 heteroatoms. The Balaban J connectivity index is 1.83. The van der Waals surface area contributed by atoms with Gasteiger partial charge >= 0.3 is 5.76 Å². The van der Waals surface area contributed by atoms with E-state index in [-0.39, 0.29) is 10.5 Å². The van der Waals surface area contributed by atoms with Crippen molar-refractivity contribution in [2.24, 2.45) is 7.05 Å². The van der Waals surface area contributed by atoms with Gasteiger partial charge in [0.05, 0.1) is 16.1 Å². The highest BCUT2D eigenvalue weighted by atomic mass is 35.5. The molecule has 3 aromatic rings. The summed E-state index contributed by atoms with van der Waals surface area (Å²) in [6, 6.07) is 9.62. The molecule has 124 valence electrons. The van der Waals surface area contributed by atoms with E-state index in [9.17, 15) is 13.2 Å². The number of hydrogen-bond donors (Lipinski definition) is 0. The summed E-state index contributed by atoms with van der Waals surface area (Å²) in [4.78, 5) is 11.7. The normalized spacial score (nSPS) is 14.3. The third kappa shape index (κ3) is 2.16. The summed E-state index contributed by atoms with van der Waals surface area (Å²) in [5.74, 6) is -0.527. The summed E-state index contributed by atoms with van der Waals surface area (Å²) in [6.45, 7) is 0.356. The largest absolute Gasteiger partial charge is 0.419 e. The fourth-order valence-corrected chi connectivity index (χ4v) is 4.71. The van der Waals surface area contributed by atoms with Crippen LogP contribution in [0.25, 0.3) is 11.1 Å². The molecule has 0 amide bonds. The summed E-state index contributed by atoms with van der Waals surface area (Å²) >= 11 is 5.97. The summed E-state index contributed by atoms with van der Waals surface area (Å²) < 4.78 is 33.8. The van der Waals surface area contributed by atoms with Crippen molar-refractivity contribution in [3.05, 3.63) is 57.5 Å². The van der Waals surface area contributed by atoms with E-state index in [2.05, 4.69) is 0 Å². The predicted molar refractivity (Wildman–Crippen MR) is 91.1 cm³/mol. The summed E-state index contributed by atoms with van der Waals surface area (Å²) in [5, 5.41) is 0.584. The van der Waals surface area contributed by atoms with Crippen molar-refractivity contribution in [3.63, 3.8) is 0 Å². The molecule has 0 aliphatic carbocycles. The highest BCUT2D eigenvalue weighted by Gasteiger charge is 2.31. The van der Waals surface area contributed by atoms with Gasteiger partial charge in [-0.3, -0.25) is 8.87 Å². The number of nitrogens with zero attached hydrogens (tertiary/aromatic N) is 2. The number of aromatic nitrogens is 1. The van der Waals surface area contributed by atoms with Crippen LogP contribution < -0.4 is 10.1 Å². The zero-order chi connectivity index (χ0) is 17.1. The standard InChI is InChI=1S/C16H13ClN2O4S/c1-18-14-5-3-12(9-15(14)23-16(18)20)24(21,22)19-7-6-10-8-11(17)2-4-13(10)19/h2-5,8-9H,6-7H2,1H3. The Morgan fingerprint density at radius 3 is 2.75 bits per heavy atom. The van der Waals surface area contributed by atoms with Crippen molar-refractivity contribution in [1.29, 1.82) is 0 Å². The zero-order valence-corrected chi connectivity index (χ0v) is 14.3. The topological polar surface area (TPSA) is 72.5 Å². The Kier molecular flexibility index (Phi) is 3.26. The smallest absolute Gasteiger partial charge is 0.408 e. The Labute approximate surface area is 142 Å². The molecule has 0 fully saturated rings. The number of aryl methyl sites for hydroxylation is 1. The lowest BCUT2D eigenvalue weighted by molar-refractivity contribution is 0.527. The Morgan fingerprint density at radius 1 is 1.17 bits per heavy atom. The number of sulfonamides is 1. The maximum atomic E-state index is 13.0. The van der Waals surface area contributed by atoms with Gasteiger partial charge in [0.2, 0.25) is 0 Å². The van der Waals surface area contributed by atoms with E-state index in [0.29, 0.717) is 29.2 Å². The van der Waals surface area contributed by atoms with E-state index in [0.717, 1.165) is 5.56 Å². The maximum absolute atomic E-state index is 13.0. The Bertz CT molecular complexity index is 1130. The number of fused-ring (bicyclic) bond motifs is 2. The second-order valence-corrected chi connectivity index (χ2v) is 7.96. The fraction of sp³-hybridized carbons (Fsp3) is 0.188. The molecule has 0 atom stereocenters. The van der Waals surface area contributed by atoms with Gasteiger partial charge in [-0.05, 0) is 42.3 Å². The minimum atomic E-state index is -3.74. The van der Waals surface area contributed by atoms with E-state index in [4.69, 9.17) is 16.0 Å². The number of oxazole rings is 1. The molecule has 0 unspecified atom stereocenters. The molecule has 24 heavy (non-hydrogen) atoms. The van der Waals surface area contributed by atoms with Gasteiger partial charge < -0.3 is 4.42 Å². The van der Waals surface area contributed by atoms with Crippen molar-refractivity contribution in [2.75, 3.05) is 10.8 Å². The highest BCUT2D eigenvalue weighted by Crippen LogP contribution is 2.35. The van der Waals surface area contributed by atoms with Gasteiger partial charge in [-0.1, -0.05) is 11.6 Å². The number of benzene rings is 2. The van der Waals surface area contributed by atoms with Crippen LogP contribution in [0.4, 0.5) is 5.69 Å². The van der Waals surface area contributed by atoms with E-state index < -0.39 is 15.8 Å². The molecular weight excluding hydrogens is 352 g/mol. The quantitative estimate of drug-likeness (QED) is 0.700. The number of hydrogen-bond acceptors (Lipinski definition) is 4.